The molecule has 0 spiro atoms. The maximum Gasteiger partial charge on any atom is 0.157 e. The molecule has 0 amide bonds. The van der Waals surface area contributed by atoms with Crippen molar-refractivity contribution < 1.29 is 9.90 Å². The number of hydrogen-bond donors (Lipinski definition) is 1. The van der Waals surface area contributed by atoms with Crippen molar-refractivity contribution >= 4 is 5.78 Å². The number of aliphatic hydroxyl groups is 1. The van der Waals surface area contributed by atoms with Crippen LogP contribution in [0.5, 0.6) is 0 Å². The molecule has 8 atom stereocenters. The van der Waals surface area contributed by atoms with Crippen LogP contribution < -0.4 is 0 Å². The van der Waals surface area contributed by atoms with Crippen molar-refractivity contribution in [1.29, 1.82) is 0 Å². The molecule has 4 saturated carbocycles. The highest BCUT2D eigenvalue weighted by atomic mass is 16.3. The van der Waals surface area contributed by atoms with Crippen LogP contribution in [0.15, 0.2) is 12.4 Å². The summed E-state index contributed by atoms with van der Waals surface area (Å²) in [6.07, 6.45) is 15.4. The van der Waals surface area contributed by atoms with Gasteiger partial charge in [0.1, 0.15) is 0 Å². The van der Waals surface area contributed by atoms with Gasteiger partial charge >= 0.3 is 0 Å². The van der Waals surface area contributed by atoms with E-state index in [2.05, 4.69) is 25.9 Å². The summed E-state index contributed by atoms with van der Waals surface area (Å²) >= 11 is 0. The maximum absolute atomic E-state index is 13.4. The predicted molar refractivity (Wildman–Crippen MR) is 122 cm³/mol. The summed E-state index contributed by atoms with van der Waals surface area (Å²) < 4.78 is 1.86. The van der Waals surface area contributed by atoms with E-state index < -0.39 is 5.60 Å². The van der Waals surface area contributed by atoms with Crippen molar-refractivity contribution in [3.8, 4) is 0 Å². The average Bonchev–Trinajstić information content (AvgIpc) is 3.31. The highest BCUT2D eigenvalue weighted by Gasteiger charge is 2.61. The molecular weight excluding hydrogens is 384 g/mol. The standard InChI is InChI=1S/C27H42N2O2/c1-5-18-15-28-29(16-18)17-24(30)23-9-8-21-20-7-6-19-14-25(2,31)12-13-26(19,3)22(20)10-11-27(21,23)4/h15-16,19-23,31H,5-14,17H2,1-4H3/t19-,20+,21+,22+,23-,25-,26+,27+/m1/s1. The molecule has 0 aliphatic heterocycles. The summed E-state index contributed by atoms with van der Waals surface area (Å²) in [4.78, 5) is 13.4. The number of fused-ring (bicyclic) bond motifs is 5. The number of nitrogens with zero attached hydrogens (tertiary/aromatic N) is 2. The Hall–Kier alpha value is -1.16. The lowest BCUT2D eigenvalue weighted by molar-refractivity contribution is -0.151. The summed E-state index contributed by atoms with van der Waals surface area (Å²) in [6.45, 7) is 9.62. The Kier molecular flexibility index (Phi) is 5.20. The third kappa shape index (κ3) is 3.43. The lowest BCUT2D eigenvalue weighted by Gasteiger charge is -2.61. The zero-order valence-corrected chi connectivity index (χ0v) is 20.1. The van der Waals surface area contributed by atoms with Crippen molar-refractivity contribution in [2.75, 3.05) is 0 Å². The quantitative estimate of drug-likeness (QED) is 0.699. The Morgan fingerprint density at radius 3 is 2.58 bits per heavy atom. The maximum atomic E-state index is 13.4. The first kappa shape index (κ1) is 21.7. The van der Waals surface area contributed by atoms with Gasteiger partial charge < -0.3 is 5.11 Å². The van der Waals surface area contributed by atoms with Gasteiger partial charge in [0.25, 0.3) is 0 Å². The lowest BCUT2D eigenvalue weighted by Crippen LogP contribution is -2.55. The second-order valence-corrected chi connectivity index (χ2v) is 12.4. The van der Waals surface area contributed by atoms with Crippen molar-refractivity contribution in [1.82, 2.24) is 9.78 Å². The van der Waals surface area contributed by atoms with Gasteiger partial charge in [-0.25, -0.2) is 0 Å². The highest BCUT2D eigenvalue weighted by Crippen LogP contribution is 2.68. The van der Waals surface area contributed by atoms with E-state index >= 15 is 0 Å². The Morgan fingerprint density at radius 1 is 1.06 bits per heavy atom. The Morgan fingerprint density at radius 2 is 1.84 bits per heavy atom. The molecule has 31 heavy (non-hydrogen) atoms. The number of hydrogen-bond acceptors (Lipinski definition) is 3. The second-order valence-electron chi connectivity index (χ2n) is 12.4. The van der Waals surface area contributed by atoms with Gasteiger partial charge in [0.2, 0.25) is 0 Å². The van der Waals surface area contributed by atoms with Crippen molar-refractivity contribution in [3.05, 3.63) is 18.0 Å². The Labute approximate surface area is 188 Å². The minimum atomic E-state index is -0.463. The Balaban J connectivity index is 1.33. The van der Waals surface area contributed by atoms with Gasteiger partial charge in [-0.05, 0) is 111 Å². The third-order valence-corrected chi connectivity index (χ3v) is 10.8. The molecule has 0 saturated heterocycles. The normalized spacial score (nSPS) is 46.8. The molecule has 172 valence electrons. The van der Waals surface area contributed by atoms with Crippen molar-refractivity contribution in [2.45, 2.75) is 104 Å². The molecule has 4 heteroatoms. The smallest absolute Gasteiger partial charge is 0.157 e. The van der Waals surface area contributed by atoms with Gasteiger partial charge in [0.15, 0.2) is 5.78 Å². The lowest BCUT2D eigenvalue weighted by atomic mass is 9.44. The number of Topliss-reactive ketones (excluding diaryl/α,β-unsaturated/α-hetero) is 1. The molecule has 1 N–H and O–H groups in total. The molecule has 0 aromatic carbocycles. The molecule has 1 aromatic heterocycles. The SMILES string of the molecule is CCc1cnn(CC(=O)[C@H]2CC[C@H]3[C@@H]4CC[C@@H]5C[C@](C)(O)CC[C@]5(C)[C@H]4CC[C@]23C)c1. The third-order valence-electron chi connectivity index (χ3n) is 10.8. The van der Waals surface area contributed by atoms with Gasteiger partial charge in [-0.3, -0.25) is 9.48 Å². The van der Waals surface area contributed by atoms with Crippen molar-refractivity contribution in [3.63, 3.8) is 0 Å². The van der Waals surface area contributed by atoms with Crippen LogP contribution in [0.2, 0.25) is 0 Å². The molecule has 0 radical (unpaired) electrons. The molecule has 1 aromatic rings. The first-order valence-corrected chi connectivity index (χ1v) is 12.9. The fraction of sp³-hybridized carbons (Fsp3) is 0.852. The van der Waals surface area contributed by atoms with E-state index in [0.29, 0.717) is 29.6 Å². The fourth-order valence-corrected chi connectivity index (χ4v) is 8.91. The summed E-state index contributed by atoms with van der Waals surface area (Å²) in [7, 11) is 0. The number of carbonyl (C=O) groups is 1. The van der Waals surface area contributed by atoms with Gasteiger partial charge in [0, 0.05) is 12.1 Å². The van der Waals surface area contributed by atoms with Gasteiger partial charge in [-0.15, -0.1) is 0 Å². The molecule has 0 unspecified atom stereocenters. The number of carbonyl (C=O) groups excluding carboxylic acids is 1. The molecule has 4 aliphatic rings. The number of aryl methyl sites for hydroxylation is 1. The summed E-state index contributed by atoms with van der Waals surface area (Å²) in [5.74, 6) is 3.54. The minimum Gasteiger partial charge on any atom is -0.390 e. The zero-order valence-electron chi connectivity index (χ0n) is 20.1. The minimum absolute atomic E-state index is 0.169. The van der Waals surface area contributed by atoms with E-state index in [4.69, 9.17) is 0 Å². The zero-order chi connectivity index (χ0) is 22.0. The van der Waals surface area contributed by atoms with Gasteiger partial charge in [-0.2, -0.15) is 5.10 Å². The summed E-state index contributed by atoms with van der Waals surface area (Å²) in [5, 5.41) is 15.1. The highest BCUT2D eigenvalue weighted by molar-refractivity contribution is 5.82. The van der Waals surface area contributed by atoms with E-state index in [9.17, 15) is 9.90 Å². The van der Waals surface area contributed by atoms with Gasteiger partial charge in [0.05, 0.1) is 18.3 Å². The van der Waals surface area contributed by atoms with Crippen LogP contribution in [0.3, 0.4) is 0 Å². The van der Waals surface area contributed by atoms with Crippen LogP contribution in [-0.4, -0.2) is 26.3 Å². The van der Waals surface area contributed by atoms with Crippen LogP contribution in [0.4, 0.5) is 0 Å². The predicted octanol–water partition coefficient (Wildman–Crippen LogP) is 5.42. The number of aromatic nitrogens is 2. The number of rotatable bonds is 4. The molecule has 0 bridgehead atoms. The van der Waals surface area contributed by atoms with Crippen LogP contribution in [0.1, 0.15) is 91.0 Å². The average molecular weight is 427 g/mol. The van der Waals surface area contributed by atoms with E-state index in [1.807, 2.05) is 24.0 Å². The first-order valence-electron chi connectivity index (χ1n) is 12.9. The van der Waals surface area contributed by atoms with Crippen LogP contribution >= 0.6 is 0 Å². The molecular formula is C27H42N2O2. The summed E-state index contributed by atoms with van der Waals surface area (Å²) in [6, 6.07) is 0. The molecule has 4 nitrogen and oxygen atoms in total. The first-order chi connectivity index (χ1) is 14.7. The monoisotopic (exact) mass is 426 g/mol. The fourth-order valence-electron chi connectivity index (χ4n) is 8.91. The molecule has 4 aliphatic carbocycles. The number of ketones is 1. The van der Waals surface area contributed by atoms with E-state index in [1.54, 1.807) is 0 Å². The topological polar surface area (TPSA) is 55.1 Å². The molecule has 5 rings (SSSR count). The van der Waals surface area contributed by atoms with E-state index in [1.165, 1.54) is 44.1 Å². The van der Waals surface area contributed by atoms with E-state index in [-0.39, 0.29) is 11.3 Å². The van der Waals surface area contributed by atoms with E-state index in [0.717, 1.165) is 37.5 Å². The van der Waals surface area contributed by atoms with Crippen LogP contribution in [-0.2, 0) is 17.8 Å². The van der Waals surface area contributed by atoms with Gasteiger partial charge in [-0.1, -0.05) is 20.8 Å². The Bertz CT molecular complexity index is 844. The second kappa shape index (κ2) is 7.43. The largest absolute Gasteiger partial charge is 0.390 e. The molecule has 1 heterocycles. The molecule has 4 fully saturated rings. The van der Waals surface area contributed by atoms with Crippen LogP contribution in [0.25, 0.3) is 0 Å². The van der Waals surface area contributed by atoms with Crippen LogP contribution in [0, 0.1) is 40.4 Å². The van der Waals surface area contributed by atoms with Crippen molar-refractivity contribution in [2.24, 2.45) is 40.4 Å². The summed E-state index contributed by atoms with van der Waals surface area (Å²) in [5.41, 5.74) is 1.30.